The van der Waals surface area contributed by atoms with Crippen molar-refractivity contribution in [1.82, 2.24) is 0 Å². The number of nitrogens with zero attached hydrogens (tertiary/aromatic N) is 1. The first kappa shape index (κ1) is 34.0. The first-order valence-electron chi connectivity index (χ1n) is 21.3. The van der Waals surface area contributed by atoms with E-state index >= 15 is 0 Å². The highest BCUT2D eigenvalue weighted by atomic mass is 32.1. The lowest BCUT2D eigenvalue weighted by Crippen LogP contribution is -2.26. The summed E-state index contributed by atoms with van der Waals surface area (Å²) < 4.78 is 9.16. The van der Waals surface area contributed by atoms with Crippen molar-refractivity contribution >= 4 is 81.3 Å². The van der Waals surface area contributed by atoms with Gasteiger partial charge in [0, 0.05) is 42.9 Å². The minimum absolute atomic E-state index is 0.457. The zero-order valence-electron chi connectivity index (χ0n) is 33.5. The molecule has 0 radical (unpaired) electrons. The summed E-state index contributed by atoms with van der Waals surface area (Å²) in [5, 5.41) is 7.12. The minimum atomic E-state index is -0.457. The monoisotopic (exact) mass is 805 g/mol. The number of para-hydroxylation sites is 1. The average Bonchev–Trinajstić information content (AvgIpc) is 4.07. The molecule has 0 saturated heterocycles. The summed E-state index contributed by atoms with van der Waals surface area (Å²) in [6.45, 7) is 0. The summed E-state index contributed by atoms with van der Waals surface area (Å²) >= 11 is 1.87. The SMILES string of the molecule is c1ccc(N(c2ccc3c(c2)C2(c4ccccc4-c4ccccc42)c2ccccc2-3)c2cccc3c2sc2ccccc23)c(-c2ccc3oc4c5ccccc5ccc4c3c2)c1. The number of benzene rings is 10. The van der Waals surface area contributed by atoms with Gasteiger partial charge in [0.25, 0.3) is 0 Å². The Labute approximate surface area is 362 Å². The van der Waals surface area contributed by atoms with Crippen molar-refractivity contribution in [3.63, 3.8) is 0 Å². The van der Waals surface area contributed by atoms with Crippen molar-refractivity contribution < 1.29 is 4.42 Å². The van der Waals surface area contributed by atoms with E-state index < -0.39 is 5.41 Å². The van der Waals surface area contributed by atoms with E-state index in [2.05, 4.69) is 217 Å². The highest BCUT2D eigenvalue weighted by Crippen LogP contribution is 2.63. The summed E-state index contributed by atoms with van der Waals surface area (Å²) in [4.78, 5) is 2.53. The fourth-order valence-corrected chi connectivity index (χ4v) is 12.3. The zero-order chi connectivity index (χ0) is 40.5. The van der Waals surface area contributed by atoms with Gasteiger partial charge in [0.2, 0.25) is 0 Å². The van der Waals surface area contributed by atoms with Gasteiger partial charge in [0.1, 0.15) is 11.2 Å². The van der Waals surface area contributed by atoms with Crippen LogP contribution >= 0.6 is 11.3 Å². The Morgan fingerprint density at radius 1 is 0.387 bits per heavy atom. The molecule has 288 valence electrons. The molecule has 3 heteroatoms. The normalized spacial score (nSPS) is 13.3. The Morgan fingerprint density at radius 3 is 1.77 bits per heavy atom. The van der Waals surface area contributed by atoms with Crippen molar-refractivity contribution in [2.45, 2.75) is 5.41 Å². The van der Waals surface area contributed by atoms with Crippen LogP contribution in [0.2, 0.25) is 0 Å². The Balaban J connectivity index is 1.05. The molecule has 0 unspecified atom stereocenters. The molecule has 0 N–H and O–H groups in total. The topological polar surface area (TPSA) is 16.4 Å². The molecule has 0 saturated carbocycles. The molecule has 2 heterocycles. The second kappa shape index (κ2) is 12.7. The van der Waals surface area contributed by atoms with Crippen LogP contribution in [0.3, 0.4) is 0 Å². The Bertz CT molecular complexity index is 3790. The zero-order valence-corrected chi connectivity index (χ0v) is 34.3. The third-order valence-corrected chi connectivity index (χ3v) is 14.9. The minimum Gasteiger partial charge on any atom is -0.455 e. The van der Waals surface area contributed by atoms with Gasteiger partial charge in [-0.15, -0.1) is 11.3 Å². The van der Waals surface area contributed by atoms with Crippen LogP contribution in [0.1, 0.15) is 22.3 Å². The number of anilines is 3. The van der Waals surface area contributed by atoms with E-state index in [0.29, 0.717) is 0 Å². The van der Waals surface area contributed by atoms with E-state index in [4.69, 9.17) is 4.42 Å². The van der Waals surface area contributed by atoms with Gasteiger partial charge in [0.15, 0.2) is 0 Å². The summed E-state index contributed by atoms with van der Waals surface area (Å²) in [5.41, 5.74) is 17.6. The first-order chi connectivity index (χ1) is 30.8. The number of thiophene rings is 1. The highest BCUT2D eigenvalue weighted by molar-refractivity contribution is 7.26. The standard InChI is InChI=1S/C59H35NOS/c1-2-16-40-36(14-1)28-31-46-48-34-37(29-33-55(48)61-57(40)46)39-15-6-11-25-53(39)60(54-26-13-21-47-45-20-7-12-27-56(45)62-58(47)54)38-30-32-44-43-19-5-10-24-51(43)59(52(44)35-38)49-22-8-3-17-41(49)42-18-4-9-23-50(42)59/h1-35H. The van der Waals surface area contributed by atoms with Gasteiger partial charge >= 0.3 is 0 Å². The van der Waals surface area contributed by atoms with Crippen LogP contribution in [0.25, 0.3) is 86.3 Å². The van der Waals surface area contributed by atoms with Crippen molar-refractivity contribution in [3.05, 3.63) is 235 Å². The number of rotatable bonds is 4. The maximum absolute atomic E-state index is 6.61. The molecule has 2 aromatic heterocycles. The highest BCUT2D eigenvalue weighted by Gasteiger charge is 2.51. The Morgan fingerprint density at radius 2 is 1.00 bits per heavy atom. The second-order valence-electron chi connectivity index (χ2n) is 16.7. The lowest BCUT2D eigenvalue weighted by molar-refractivity contribution is 0.672. The average molecular weight is 806 g/mol. The maximum Gasteiger partial charge on any atom is 0.143 e. The van der Waals surface area contributed by atoms with Gasteiger partial charge in [-0.3, -0.25) is 0 Å². The molecule has 0 atom stereocenters. The number of fused-ring (bicyclic) bond motifs is 18. The number of furan rings is 1. The second-order valence-corrected chi connectivity index (χ2v) is 17.7. The molecular formula is C59H35NOS. The van der Waals surface area contributed by atoms with E-state index in [-0.39, 0.29) is 0 Å². The van der Waals surface area contributed by atoms with E-state index in [0.717, 1.165) is 55.5 Å². The molecule has 10 aromatic carbocycles. The Hall–Kier alpha value is -7.72. The van der Waals surface area contributed by atoms with Crippen LogP contribution in [-0.4, -0.2) is 0 Å². The van der Waals surface area contributed by atoms with E-state index in [1.165, 1.54) is 70.1 Å². The van der Waals surface area contributed by atoms with Crippen molar-refractivity contribution in [3.8, 4) is 33.4 Å². The molecule has 0 bridgehead atoms. The van der Waals surface area contributed by atoms with Gasteiger partial charge in [-0.25, -0.2) is 0 Å². The van der Waals surface area contributed by atoms with Gasteiger partial charge in [-0.1, -0.05) is 164 Å². The number of hydrogen-bond donors (Lipinski definition) is 0. The summed E-state index contributed by atoms with van der Waals surface area (Å²) in [6, 6.07) is 78.6. The molecule has 2 aliphatic rings. The molecule has 2 nitrogen and oxygen atoms in total. The smallest absolute Gasteiger partial charge is 0.143 e. The van der Waals surface area contributed by atoms with Crippen LogP contribution in [0.15, 0.2) is 217 Å². The van der Waals surface area contributed by atoms with Crippen molar-refractivity contribution in [2.75, 3.05) is 4.90 Å². The van der Waals surface area contributed by atoms with Crippen LogP contribution in [0, 0.1) is 0 Å². The number of hydrogen-bond acceptors (Lipinski definition) is 3. The van der Waals surface area contributed by atoms with Gasteiger partial charge in [0.05, 0.1) is 21.5 Å². The molecule has 62 heavy (non-hydrogen) atoms. The Kier molecular flexibility index (Phi) is 6.95. The van der Waals surface area contributed by atoms with E-state index in [1.807, 2.05) is 11.3 Å². The predicted octanol–water partition coefficient (Wildman–Crippen LogP) is 16.6. The van der Waals surface area contributed by atoms with Crippen LogP contribution in [0.4, 0.5) is 17.1 Å². The fourth-order valence-electron chi connectivity index (χ4n) is 11.1. The first-order valence-corrected chi connectivity index (χ1v) is 22.1. The molecule has 0 fully saturated rings. The quantitative estimate of drug-likeness (QED) is 0.176. The van der Waals surface area contributed by atoms with Crippen molar-refractivity contribution in [1.29, 1.82) is 0 Å². The summed E-state index contributed by atoms with van der Waals surface area (Å²) in [7, 11) is 0. The fraction of sp³-hybridized carbons (Fsp3) is 0.0169. The largest absolute Gasteiger partial charge is 0.455 e. The van der Waals surface area contributed by atoms with Crippen LogP contribution < -0.4 is 4.90 Å². The molecule has 0 aliphatic heterocycles. The van der Waals surface area contributed by atoms with Gasteiger partial charge in [-0.2, -0.15) is 0 Å². The summed E-state index contributed by atoms with van der Waals surface area (Å²) in [6.07, 6.45) is 0. The third-order valence-electron chi connectivity index (χ3n) is 13.7. The molecule has 2 aliphatic carbocycles. The molecular weight excluding hydrogens is 771 g/mol. The summed E-state index contributed by atoms with van der Waals surface area (Å²) in [5.74, 6) is 0. The van der Waals surface area contributed by atoms with Crippen molar-refractivity contribution in [2.24, 2.45) is 0 Å². The molecule has 14 rings (SSSR count). The lowest BCUT2D eigenvalue weighted by atomic mass is 9.70. The van der Waals surface area contributed by atoms with E-state index in [1.54, 1.807) is 0 Å². The van der Waals surface area contributed by atoms with Gasteiger partial charge in [-0.05, 0) is 104 Å². The van der Waals surface area contributed by atoms with Crippen LogP contribution in [-0.2, 0) is 5.41 Å². The van der Waals surface area contributed by atoms with E-state index in [9.17, 15) is 0 Å². The predicted molar refractivity (Wildman–Crippen MR) is 261 cm³/mol. The maximum atomic E-state index is 6.61. The molecule has 0 amide bonds. The van der Waals surface area contributed by atoms with Crippen LogP contribution in [0.5, 0.6) is 0 Å². The molecule has 12 aromatic rings. The van der Waals surface area contributed by atoms with Gasteiger partial charge < -0.3 is 9.32 Å². The lowest BCUT2D eigenvalue weighted by Gasteiger charge is -2.33. The third kappa shape index (κ3) is 4.47. The molecule has 1 spiro atoms.